The van der Waals surface area contributed by atoms with E-state index in [1.165, 1.54) is 36.2 Å². The minimum atomic E-state index is 0.536. The number of likely N-dealkylation sites (tertiary alicyclic amines) is 1. The number of aromatic nitrogens is 2. The van der Waals surface area contributed by atoms with Crippen LogP contribution in [0.15, 0.2) is 53.0 Å². The van der Waals surface area contributed by atoms with Crippen molar-refractivity contribution in [1.82, 2.24) is 19.8 Å². The number of piperidine rings is 1. The van der Waals surface area contributed by atoms with Crippen molar-refractivity contribution in [3.63, 3.8) is 0 Å². The van der Waals surface area contributed by atoms with Gasteiger partial charge in [-0.05, 0) is 49.6 Å². The highest BCUT2D eigenvalue weighted by atomic mass is 79.9. The summed E-state index contributed by atoms with van der Waals surface area (Å²) in [4.78, 5) is 7.69. The molecular formula is C23H27BrN4. The number of nitrogens with one attached hydrogen (secondary N) is 1. The van der Waals surface area contributed by atoms with Gasteiger partial charge in [-0.1, -0.05) is 46.3 Å². The van der Waals surface area contributed by atoms with Gasteiger partial charge in [-0.3, -0.25) is 4.90 Å². The standard InChI is InChI=1S/C23H27BrN4/c24-19-6-7-22-21(14-19)26-23(18-8-11-25-15-18)28(22)20-9-12-27(13-10-20)16-17-4-2-1-3-5-17/h1-7,14,18,20,25H,8-13,15-16H2. The van der Waals surface area contributed by atoms with E-state index >= 15 is 0 Å². The van der Waals surface area contributed by atoms with E-state index in [2.05, 4.69) is 79.2 Å². The summed E-state index contributed by atoms with van der Waals surface area (Å²) in [5, 5.41) is 3.52. The van der Waals surface area contributed by atoms with Gasteiger partial charge in [0.2, 0.25) is 0 Å². The number of rotatable bonds is 4. The first-order valence-corrected chi connectivity index (χ1v) is 11.2. The van der Waals surface area contributed by atoms with Crippen molar-refractivity contribution in [1.29, 1.82) is 0 Å². The summed E-state index contributed by atoms with van der Waals surface area (Å²) in [6, 6.07) is 18.0. The topological polar surface area (TPSA) is 33.1 Å². The molecule has 146 valence electrons. The Bertz CT molecular complexity index is 938. The monoisotopic (exact) mass is 438 g/mol. The zero-order valence-electron chi connectivity index (χ0n) is 16.1. The maximum Gasteiger partial charge on any atom is 0.114 e. The number of fused-ring (bicyclic) bond motifs is 1. The van der Waals surface area contributed by atoms with Crippen LogP contribution < -0.4 is 5.32 Å². The molecule has 0 aliphatic carbocycles. The molecule has 2 aliphatic heterocycles. The number of hydrogen-bond acceptors (Lipinski definition) is 3. The Hall–Kier alpha value is -1.69. The molecular weight excluding hydrogens is 412 g/mol. The molecule has 5 rings (SSSR count). The first kappa shape index (κ1) is 18.3. The summed E-state index contributed by atoms with van der Waals surface area (Å²) < 4.78 is 3.69. The van der Waals surface area contributed by atoms with Gasteiger partial charge in [-0.2, -0.15) is 0 Å². The lowest BCUT2D eigenvalue weighted by molar-refractivity contribution is 0.179. The van der Waals surface area contributed by atoms with Crippen LogP contribution in [0.2, 0.25) is 0 Å². The smallest absolute Gasteiger partial charge is 0.114 e. The lowest BCUT2D eigenvalue weighted by atomic mass is 10.0. The molecule has 2 aliphatic rings. The fourth-order valence-corrected chi connectivity index (χ4v) is 5.16. The normalized spacial score (nSPS) is 21.5. The summed E-state index contributed by atoms with van der Waals surface area (Å²) in [6.07, 6.45) is 3.58. The summed E-state index contributed by atoms with van der Waals surface area (Å²) in [5.41, 5.74) is 3.84. The van der Waals surface area contributed by atoms with Crippen LogP contribution in [0, 0.1) is 0 Å². The highest BCUT2D eigenvalue weighted by molar-refractivity contribution is 9.10. The molecule has 0 saturated carbocycles. The second kappa shape index (κ2) is 7.97. The van der Waals surface area contributed by atoms with Crippen LogP contribution in [-0.4, -0.2) is 40.6 Å². The molecule has 2 saturated heterocycles. The number of halogens is 1. The fraction of sp³-hybridized carbons (Fsp3) is 0.435. The van der Waals surface area contributed by atoms with Crippen LogP contribution in [0.1, 0.15) is 42.6 Å². The van der Waals surface area contributed by atoms with Crippen LogP contribution in [0.25, 0.3) is 11.0 Å². The van der Waals surface area contributed by atoms with E-state index in [4.69, 9.17) is 4.98 Å². The number of nitrogens with zero attached hydrogens (tertiary/aromatic N) is 3. The van der Waals surface area contributed by atoms with E-state index in [1.807, 2.05) is 0 Å². The van der Waals surface area contributed by atoms with Gasteiger partial charge in [-0.15, -0.1) is 0 Å². The SMILES string of the molecule is Brc1ccc2c(c1)nc(C1CCNC1)n2C1CCN(Cc2ccccc2)CC1. The largest absolute Gasteiger partial charge is 0.324 e. The summed E-state index contributed by atoms with van der Waals surface area (Å²) >= 11 is 3.62. The molecule has 1 aromatic heterocycles. The Morgan fingerprint density at radius 2 is 1.86 bits per heavy atom. The molecule has 2 fully saturated rings. The Balaban J connectivity index is 1.39. The van der Waals surface area contributed by atoms with Crippen molar-refractivity contribution in [2.75, 3.05) is 26.2 Å². The number of benzene rings is 2. The molecule has 3 aromatic rings. The maximum absolute atomic E-state index is 5.10. The Morgan fingerprint density at radius 1 is 1.04 bits per heavy atom. The zero-order chi connectivity index (χ0) is 18.9. The Labute approximate surface area is 175 Å². The van der Waals surface area contributed by atoms with Gasteiger partial charge in [0, 0.05) is 42.6 Å². The molecule has 2 aromatic carbocycles. The van der Waals surface area contributed by atoms with Crippen LogP contribution in [0.4, 0.5) is 0 Å². The lowest BCUT2D eigenvalue weighted by Crippen LogP contribution is -2.34. The van der Waals surface area contributed by atoms with Crippen LogP contribution in [-0.2, 0) is 6.54 Å². The summed E-state index contributed by atoms with van der Waals surface area (Å²) in [5.74, 6) is 1.83. The van der Waals surface area contributed by atoms with E-state index in [0.717, 1.165) is 42.7 Å². The summed E-state index contributed by atoms with van der Waals surface area (Å²) in [7, 11) is 0. The van der Waals surface area contributed by atoms with Crippen LogP contribution >= 0.6 is 15.9 Å². The van der Waals surface area contributed by atoms with Gasteiger partial charge in [-0.25, -0.2) is 4.98 Å². The second-order valence-electron chi connectivity index (χ2n) is 8.16. The fourth-order valence-electron chi connectivity index (χ4n) is 4.81. The van der Waals surface area contributed by atoms with Gasteiger partial charge in [0.25, 0.3) is 0 Å². The molecule has 4 nitrogen and oxygen atoms in total. The first-order chi connectivity index (χ1) is 13.8. The first-order valence-electron chi connectivity index (χ1n) is 10.4. The Morgan fingerprint density at radius 3 is 2.61 bits per heavy atom. The van der Waals surface area contributed by atoms with E-state index in [-0.39, 0.29) is 0 Å². The average molecular weight is 439 g/mol. The van der Waals surface area contributed by atoms with Gasteiger partial charge in [0.15, 0.2) is 0 Å². The predicted molar refractivity (Wildman–Crippen MR) is 118 cm³/mol. The molecule has 1 atom stereocenters. The lowest BCUT2D eigenvalue weighted by Gasteiger charge is -2.34. The van der Waals surface area contributed by atoms with Crippen molar-refractivity contribution in [3.8, 4) is 0 Å². The quantitative estimate of drug-likeness (QED) is 0.639. The number of imidazole rings is 1. The number of hydrogen-bond donors (Lipinski definition) is 1. The van der Waals surface area contributed by atoms with E-state index in [0.29, 0.717) is 12.0 Å². The summed E-state index contributed by atoms with van der Waals surface area (Å²) in [6.45, 7) is 5.52. The van der Waals surface area contributed by atoms with Crippen molar-refractivity contribution in [2.24, 2.45) is 0 Å². The van der Waals surface area contributed by atoms with Crippen molar-refractivity contribution < 1.29 is 0 Å². The highest BCUT2D eigenvalue weighted by Gasteiger charge is 2.29. The molecule has 1 unspecified atom stereocenters. The van der Waals surface area contributed by atoms with Gasteiger partial charge < -0.3 is 9.88 Å². The van der Waals surface area contributed by atoms with E-state index in [9.17, 15) is 0 Å². The molecule has 28 heavy (non-hydrogen) atoms. The molecule has 0 bridgehead atoms. The third-order valence-corrected chi connectivity index (χ3v) is 6.77. The molecule has 0 spiro atoms. The van der Waals surface area contributed by atoms with Crippen molar-refractivity contribution in [3.05, 3.63) is 64.4 Å². The molecule has 3 heterocycles. The second-order valence-corrected chi connectivity index (χ2v) is 9.07. The molecule has 0 amide bonds. The van der Waals surface area contributed by atoms with E-state index < -0.39 is 0 Å². The van der Waals surface area contributed by atoms with Gasteiger partial charge >= 0.3 is 0 Å². The minimum Gasteiger partial charge on any atom is -0.324 e. The third-order valence-electron chi connectivity index (χ3n) is 6.28. The van der Waals surface area contributed by atoms with Crippen molar-refractivity contribution >= 4 is 27.0 Å². The van der Waals surface area contributed by atoms with Crippen molar-refractivity contribution in [2.45, 2.75) is 37.8 Å². The molecule has 1 N–H and O–H groups in total. The van der Waals surface area contributed by atoms with Crippen LogP contribution in [0.3, 0.4) is 0 Å². The molecule has 0 radical (unpaired) electrons. The predicted octanol–water partition coefficient (Wildman–Crippen LogP) is 4.71. The zero-order valence-corrected chi connectivity index (χ0v) is 17.7. The minimum absolute atomic E-state index is 0.536. The molecule has 5 heteroatoms. The maximum atomic E-state index is 5.10. The van der Waals surface area contributed by atoms with E-state index in [1.54, 1.807) is 0 Å². The van der Waals surface area contributed by atoms with Crippen LogP contribution in [0.5, 0.6) is 0 Å². The highest BCUT2D eigenvalue weighted by Crippen LogP contribution is 2.34. The average Bonchev–Trinajstić information content (AvgIpc) is 3.37. The van der Waals surface area contributed by atoms with Gasteiger partial charge in [0.1, 0.15) is 5.82 Å². The van der Waals surface area contributed by atoms with Gasteiger partial charge in [0.05, 0.1) is 11.0 Å². The third kappa shape index (κ3) is 3.63. The Kier molecular flexibility index (Phi) is 5.22.